The van der Waals surface area contributed by atoms with Crippen LogP contribution in [0.1, 0.15) is 33.7 Å². The number of ketones is 1. The van der Waals surface area contributed by atoms with Crippen molar-refractivity contribution in [2.75, 3.05) is 7.11 Å². The molecule has 0 fully saturated rings. The second-order valence-corrected chi connectivity index (χ2v) is 4.43. The number of ether oxygens (including phenoxy) is 1. The van der Waals surface area contributed by atoms with Gasteiger partial charge < -0.3 is 9.84 Å². The molecule has 22 heavy (non-hydrogen) atoms. The molecule has 116 valence electrons. The van der Waals surface area contributed by atoms with Gasteiger partial charge in [0.15, 0.2) is 5.78 Å². The molecule has 2 aromatic carbocycles. The fraction of sp³-hybridized carbons (Fsp3) is 0.176. The van der Waals surface area contributed by atoms with E-state index in [0.29, 0.717) is 0 Å². The molecule has 4 nitrogen and oxygen atoms in total. The summed E-state index contributed by atoms with van der Waals surface area (Å²) in [4.78, 5) is 23.6. The molecular weight excluding hydrogens is 287 g/mol. The first-order valence-corrected chi connectivity index (χ1v) is 6.21. The van der Waals surface area contributed by atoms with Gasteiger partial charge in [0.2, 0.25) is 0 Å². The Morgan fingerprint density at radius 2 is 1.77 bits per heavy atom. The van der Waals surface area contributed by atoms with Crippen LogP contribution >= 0.6 is 0 Å². The van der Waals surface area contributed by atoms with Crippen molar-refractivity contribution in [3.8, 4) is 5.75 Å². The minimum Gasteiger partial charge on any atom is -0.507 e. The number of methoxy groups -OCH3 is 1. The predicted octanol–water partition coefficient (Wildman–Crippen LogP) is 3.38. The maximum atomic E-state index is 13.8. The van der Waals surface area contributed by atoms with Crippen molar-refractivity contribution in [3.63, 3.8) is 0 Å². The summed E-state index contributed by atoms with van der Waals surface area (Å²) < 4.78 is 18.3. The predicted molar refractivity (Wildman–Crippen MR) is 80.6 cm³/mol. The van der Waals surface area contributed by atoms with E-state index in [1.54, 1.807) is 24.3 Å². The average Bonchev–Trinajstić information content (AvgIpc) is 2.47. The van der Waals surface area contributed by atoms with E-state index in [4.69, 9.17) is 0 Å². The summed E-state index contributed by atoms with van der Waals surface area (Å²) in [5.41, 5.74) is 0.238. The Kier molecular flexibility index (Phi) is 5.81. The molecule has 0 radical (unpaired) electrons. The van der Waals surface area contributed by atoms with Crippen molar-refractivity contribution in [3.05, 3.63) is 65.0 Å². The third-order valence-corrected chi connectivity index (χ3v) is 3.00. The lowest BCUT2D eigenvalue weighted by Crippen LogP contribution is -2.10. The smallest absolute Gasteiger partial charge is 0.341 e. The van der Waals surface area contributed by atoms with Crippen LogP contribution in [0, 0.1) is 5.82 Å². The average molecular weight is 304 g/mol. The maximum Gasteiger partial charge on any atom is 0.341 e. The summed E-state index contributed by atoms with van der Waals surface area (Å²) in [7, 11) is 1.14. The number of halogens is 1. The second kappa shape index (κ2) is 7.36. The fourth-order valence-electron chi connectivity index (χ4n) is 1.93. The van der Waals surface area contributed by atoms with Gasteiger partial charge in [-0.05, 0) is 11.6 Å². The van der Waals surface area contributed by atoms with E-state index < -0.39 is 23.3 Å². The topological polar surface area (TPSA) is 63.6 Å². The van der Waals surface area contributed by atoms with Gasteiger partial charge in [0.25, 0.3) is 0 Å². The van der Waals surface area contributed by atoms with Gasteiger partial charge in [0, 0.05) is 12.5 Å². The zero-order chi connectivity index (χ0) is 15.4. The number of carbonyl (C=O) groups is 2. The van der Waals surface area contributed by atoms with E-state index in [9.17, 15) is 19.1 Å². The van der Waals surface area contributed by atoms with Crippen LogP contribution in [0.25, 0.3) is 0 Å². The number of esters is 1. The normalized spacial score (nSPS) is 9.73. The Balaban J connectivity index is 0.00000242. The molecule has 0 bridgehead atoms. The summed E-state index contributed by atoms with van der Waals surface area (Å²) in [6.07, 6.45) is 0.00312. The highest BCUT2D eigenvalue weighted by molar-refractivity contribution is 6.01. The van der Waals surface area contributed by atoms with Gasteiger partial charge in [-0.3, -0.25) is 4.79 Å². The van der Waals surface area contributed by atoms with Gasteiger partial charge in [-0.2, -0.15) is 0 Å². The summed E-state index contributed by atoms with van der Waals surface area (Å²) in [6.45, 7) is 0. The number of phenolic OH excluding ortho intramolecular Hbond substituents is 1. The Labute approximate surface area is 128 Å². The molecule has 2 rings (SSSR count). The van der Waals surface area contributed by atoms with E-state index in [1.807, 2.05) is 6.07 Å². The van der Waals surface area contributed by atoms with Crippen LogP contribution in [-0.2, 0) is 11.2 Å². The van der Waals surface area contributed by atoms with E-state index in [2.05, 4.69) is 4.74 Å². The molecule has 0 saturated heterocycles. The lowest BCUT2D eigenvalue weighted by Gasteiger charge is -2.07. The van der Waals surface area contributed by atoms with Gasteiger partial charge >= 0.3 is 5.97 Å². The third kappa shape index (κ3) is 3.69. The van der Waals surface area contributed by atoms with Gasteiger partial charge in [0.1, 0.15) is 17.1 Å². The maximum absolute atomic E-state index is 13.8. The van der Waals surface area contributed by atoms with Crippen molar-refractivity contribution < 1.29 is 23.8 Å². The quantitative estimate of drug-likeness (QED) is 0.695. The molecule has 0 saturated carbocycles. The molecule has 0 aliphatic rings. The number of Topliss-reactive ketones (excluding diaryl/α,β-unsaturated/α-hetero) is 1. The first kappa shape index (κ1) is 17.4. The zero-order valence-electron chi connectivity index (χ0n) is 11.3. The summed E-state index contributed by atoms with van der Waals surface area (Å²) in [6, 6.07) is 10.6. The number of aromatic hydroxyl groups is 1. The SMILES string of the molecule is C.COC(=O)c1cc(C(=O)Cc2ccccc2)c(F)cc1O. The minimum absolute atomic E-state index is 0. The number of phenols is 1. The molecule has 0 aliphatic heterocycles. The molecule has 0 atom stereocenters. The highest BCUT2D eigenvalue weighted by Gasteiger charge is 2.20. The van der Waals surface area contributed by atoms with Crippen molar-refractivity contribution in [1.82, 2.24) is 0 Å². The van der Waals surface area contributed by atoms with Crippen LogP contribution < -0.4 is 0 Å². The number of hydrogen-bond donors (Lipinski definition) is 1. The van der Waals surface area contributed by atoms with Crippen molar-refractivity contribution in [2.45, 2.75) is 13.8 Å². The molecule has 0 aliphatic carbocycles. The number of carbonyl (C=O) groups excluding carboxylic acids is 2. The molecule has 5 heteroatoms. The Morgan fingerprint density at radius 1 is 1.14 bits per heavy atom. The largest absolute Gasteiger partial charge is 0.507 e. The van der Waals surface area contributed by atoms with Crippen molar-refractivity contribution in [2.24, 2.45) is 0 Å². The molecule has 0 aromatic heterocycles. The minimum atomic E-state index is -0.874. The van der Waals surface area contributed by atoms with E-state index in [1.165, 1.54) is 0 Å². The van der Waals surface area contributed by atoms with Gasteiger partial charge in [-0.25, -0.2) is 9.18 Å². The molecule has 0 unspecified atom stereocenters. The molecule has 2 aromatic rings. The third-order valence-electron chi connectivity index (χ3n) is 3.00. The van der Waals surface area contributed by atoms with Crippen LogP contribution in [0.3, 0.4) is 0 Å². The molecular formula is C17H17FO4. The highest BCUT2D eigenvalue weighted by Crippen LogP contribution is 2.23. The second-order valence-electron chi connectivity index (χ2n) is 4.43. The summed E-state index contributed by atoms with van der Waals surface area (Å²) in [5, 5.41) is 9.54. The molecule has 1 N–H and O–H groups in total. The van der Waals surface area contributed by atoms with Crippen LogP contribution in [-0.4, -0.2) is 24.0 Å². The van der Waals surface area contributed by atoms with E-state index >= 15 is 0 Å². The van der Waals surface area contributed by atoms with E-state index in [0.717, 1.165) is 24.8 Å². The molecule has 0 spiro atoms. The number of rotatable bonds is 4. The lowest BCUT2D eigenvalue weighted by molar-refractivity contribution is 0.0597. The summed E-state index contributed by atoms with van der Waals surface area (Å²) >= 11 is 0. The number of hydrogen-bond acceptors (Lipinski definition) is 4. The molecule has 0 heterocycles. The van der Waals surface area contributed by atoms with Crippen LogP contribution in [0.15, 0.2) is 42.5 Å². The molecule has 0 amide bonds. The van der Waals surface area contributed by atoms with Crippen LogP contribution in [0.5, 0.6) is 5.75 Å². The number of benzene rings is 2. The Morgan fingerprint density at radius 3 is 2.36 bits per heavy atom. The zero-order valence-corrected chi connectivity index (χ0v) is 11.3. The highest BCUT2D eigenvalue weighted by atomic mass is 19.1. The Bertz CT molecular complexity index is 681. The standard InChI is InChI=1S/C16H13FO4.CH4/c1-21-16(20)12-8-11(13(17)9-15(12)19)14(18)7-10-5-3-2-4-6-10;/h2-6,8-9,19H,7H2,1H3;1H4. The van der Waals surface area contributed by atoms with E-state index in [-0.39, 0.29) is 25.0 Å². The fourth-order valence-corrected chi connectivity index (χ4v) is 1.93. The lowest BCUT2D eigenvalue weighted by atomic mass is 10.00. The first-order valence-electron chi connectivity index (χ1n) is 6.21. The van der Waals surface area contributed by atoms with Crippen molar-refractivity contribution >= 4 is 11.8 Å². The monoisotopic (exact) mass is 304 g/mol. The van der Waals surface area contributed by atoms with Gasteiger partial charge in [0.05, 0.1) is 12.7 Å². The van der Waals surface area contributed by atoms with Crippen molar-refractivity contribution in [1.29, 1.82) is 0 Å². The van der Waals surface area contributed by atoms with Crippen LogP contribution in [0.2, 0.25) is 0 Å². The Hall–Kier alpha value is -2.69. The van der Waals surface area contributed by atoms with Crippen LogP contribution in [0.4, 0.5) is 4.39 Å². The summed E-state index contributed by atoms with van der Waals surface area (Å²) in [5.74, 6) is -2.75. The van der Waals surface area contributed by atoms with Gasteiger partial charge in [-0.1, -0.05) is 37.8 Å². The first-order chi connectivity index (χ1) is 10.0. The van der Waals surface area contributed by atoms with Gasteiger partial charge in [-0.15, -0.1) is 0 Å².